The maximum absolute atomic E-state index is 5.95. The molecule has 0 atom stereocenters. The highest BCUT2D eigenvalue weighted by atomic mass is 15.1. The summed E-state index contributed by atoms with van der Waals surface area (Å²) in [6, 6.07) is 6.41. The van der Waals surface area contributed by atoms with Gasteiger partial charge in [0.25, 0.3) is 0 Å². The number of nitrogen functional groups attached to an aromatic ring is 1. The van der Waals surface area contributed by atoms with Crippen molar-refractivity contribution < 1.29 is 0 Å². The highest BCUT2D eigenvalue weighted by Gasteiger charge is 2.18. The summed E-state index contributed by atoms with van der Waals surface area (Å²) in [5, 5.41) is 0. The lowest BCUT2D eigenvalue weighted by molar-refractivity contribution is 0.333. The SMILES string of the molecule is CC(C)(C)c1ccc(N)cc1CCCN1CCCC1. The van der Waals surface area contributed by atoms with Crippen molar-refractivity contribution in [1.82, 2.24) is 4.90 Å². The molecule has 2 rings (SSSR count). The van der Waals surface area contributed by atoms with E-state index in [1.165, 1.54) is 50.0 Å². The number of nitrogens with two attached hydrogens (primary N) is 1. The van der Waals surface area contributed by atoms with Gasteiger partial charge in [-0.1, -0.05) is 26.8 Å². The molecular formula is C17H28N2. The molecule has 0 aromatic heterocycles. The van der Waals surface area contributed by atoms with E-state index < -0.39 is 0 Å². The molecule has 2 nitrogen and oxygen atoms in total. The van der Waals surface area contributed by atoms with Crippen molar-refractivity contribution in [2.45, 2.75) is 51.9 Å². The Morgan fingerprint density at radius 1 is 1.16 bits per heavy atom. The minimum atomic E-state index is 0.205. The molecular weight excluding hydrogens is 232 g/mol. The molecule has 1 aromatic carbocycles. The van der Waals surface area contributed by atoms with Crippen molar-refractivity contribution in [2.24, 2.45) is 0 Å². The molecule has 1 saturated heterocycles. The van der Waals surface area contributed by atoms with Crippen LogP contribution < -0.4 is 5.73 Å². The Hall–Kier alpha value is -1.02. The van der Waals surface area contributed by atoms with Crippen molar-refractivity contribution in [3.8, 4) is 0 Å². The summed E-state index contributed by atoms with van der Waals surface area (Å²) < 4.78 is 0. The fraction of sp³-hybridized carbons (Fsp3) is 0.647. The Kier molecular flexibility index (Phi) is 4.51. The van der Waals surface area contributed by atoms with Crippen LogP contribution >= 0.6 is 0 Å². The Bertz CT molecular complexity index is 412. The summed E-state index contributed by atoms with van der Waals surface area (Å²) in [5.41, 5.74) is 9.94. The lowest BCUT2D eigenvalue weighted by Gasteiger charge is -2.24. The summed E-state index contributed by atoms with van der Waals surface area (Å²) in [5.74, 6) is 0. The third-order valence-electron chi connectivity index (χ3n) is 4.06. The Balaban J connectivity index is 1.99. The van der Waals surface area contributed by atoms with Crippen molar-refractivity contribution in [2.75, 3.05) is 25.4 Å². The van der Waals surface area contributed by atoms with E-state index in [2.05, 4.69) is 37.8 Å². The van der Waals surface area contributed by atoms with E-state index in [1.807, 2.05) is 6.07 Å². The van der Waals surface area contributed by atoms with Gasteiger partial charge in [-0.3, -0.25) is 0 Å². The summed E-state index contributed by atoms with van der Waals surface area (Å²) in [7, 11) is 0. The van der Waals surface area contributed by atoms with Gasteiger partial charge in [0.15, 0.2) is 0 Å². The van der Waals surface area contributed by atoms with E-state index in [9.17, 15) is 0 Å². The van der Waals surface area contributed by atoms with E-state index in [0.717, 1.165) is 12.1 Å². The first-order chi connectivity index (χ1) is 8.97. The van der Waals surface area contributed by atoms with Gasteiger partial charge < -0.3 is 10.6 Å². The minimum absolute atomic E-state index is 0.205. The molecule has 106 valence electrons. The number of hydrogen-bond donors (Lipinski definition) is 1. The number of likely N-dealkylation sites (tertiary alicyclic amines) is 1. The molecule has 1 aliphatic heterocycles. The fourth-order valence-electron chi connectivity index (χ4n) is 3.05. The predicted molar refractivity (Wildman–Crippen MR) is 83.5 cm³/mol. The van der Waals surface area contributed by atoms with Gasteiger partial charge in [-0.05, 0) is 74.0 Å². The normalized spacial score (nSPS) is 17.0. The summed E-state index contributed by atoms with van der Waals surface area (Å²) in [6.07, 6.45) is 5.15. The van der Waals surface area contributed by atoms with Crippen LogP contribution in [-0.4, -0.2) is 24.5 Å². The van der Waals surface area contributed by atoms with E-state index in [-0.39, 0.29) is 5.41 Å². The summed E-state index contributed by atoms with van der Waals surface area (Å²) in [6.45, 7) is 10.7. The van der Waals surface area contributed by atoms with Crippen molar-refractivity contribution in [1.29, 1.82) is 0 Å². The predicted octanol–water partition coefficient (Wildman–Crippen LogP) is 3.59. The standard InChI is InChI=1S/C17H28N2/c1-17(2,3)16-9-8-15(18)13-14(16)7-6-12-19-10-4-5-11-19/h8-9,13H,4-7,10-12,18H2,1-3H3. The monoisotopic (exact) mass is 260 g/mol. The molecule has 1 aromatic rings. The Morgan fingerprint density at radius 3 is 2.47 bits per heavy atom. The van der Waals surface area contributed by atoms with Gasteiger partial charge in [0, 0.05) is 5.69 Å². The molecule has 0 bridgehead atoms. The maximum atomic E-state index is 5.95. The number of anilines is 1. The lowest BCUT2D eigenvalue weighted by atomic mass is 9.82. The molecule has 1 heterocycles. The zero-order valence-electron chi connectivity index (χ0n) is 12.7. The van der Waals surface area contributed by atoms with Crippen LogP contribution in [0.2, 0.25) is 0 Å². The smallest absolute Gasteiger partial charge is 0.0316 e. The second-order valence-electron chi connectivity index (χ2n) is 6.82. The second-order valence-corrected chi connectivity index (χ2v) is 6.82. The van der Waals surface area contributed by atoms with Crippen LogP contribution in [-0.2, 0) is 11.8 Å². The van der Waals surface area contributed by atoms with E-state index in [1.54, 1.807) is 0 Å². The summed E-state index contributed by atoms with van der Waals surface area (Å²) >= 11 is 0. The van der Waals surface area contributed by atoms with Gasteiger partial charge >= 0.3 is 0 Å². The number of aryl methyl sites for hydroxylation is 1. The van der Waals surface area contributed by atoms with Gasteiger partial charge in [0.2, 0.25) is 0 Å². The molecule has 1 aliphatic rings. The molecule has 0 radical (unpaired) electrons. The number of benzene rings is 1. The molecule has 1 fully saturated rings. The van der Waals surface area contributed by atoms with Crippen LogP contribution in [0.4, 0.5) is 5.69 Å². The topological polar surface area (TPSA) is 29.3 Å². The lowest BCUT2D eigenvalue weighted by Crippen LogP contribution is -2.21. The van der Waals surface area contributed by atoms with Crippen molar-refractivity contribution >= 4 is 5.69 Å². The first-order valence-corrected chi connectivity index (χ1v) is 7.58. The summed E-state index contributed by atoms with van der Waals surface area (Å²) in [4.78, 5) is 2.59. The van der Waals surface area contributed by atoms with Crippen LogP contribution in [0.3, 0.4) is 0 Å². The van der Waals surface area contributed by atoms with Crippen LogP contribution in [0.15, 0.2) is 18.2 Å². The van der Waals surface area contributed by atoms with E-state index in [4.69, 9.17) is 5.73 Å². The van der Waals surface area contributed by atoms with Crippen molar-refractivity contribution in [3.63, 3.8) is 0 Å². The van der Waals surface area contributed by atoms with Crippen LogP contribution in [0, 0.1) is 0 Å². The van der Waals surface area contributed by atoms with Crippen molar-refractivity contribution in [3.05, 3.63) is 29.3 Å². The zero-order chi connectivity index (χ0) is 13.9. The van der Waals surface area contributed by atoms with Gasteiger partial charge in [-0.2, -0.15) is 0 Å². The quantitative estimate of drug-likeness (QED) is 0.838. The number of nitrogens with zero attached hydrogens (tertiary/aromatic N) is 1. The van der Waals surface area contributed by atoms with Gasteiger partial charge in [0.05, 0.1) is 0 Å². The molecule has 0 amide bonds. The first kappa shape index (κ1) is 14.4. The zero-order valence-corrected chi connectivity index (χ0v) is 12.7. The minimum Gasteiger partial charge on any atom is -0.399 e. The van der Waals surface area contributed by atoms with Crippen LogP contribution in [0.5, 0.6) is 0 Å². The van der Waals surface area contributed by atoms with Gasteiger partial charge in [-0.25, -0.2) is 0 Å². The van der Waals surface area contributed by atoms with Crippen LogP contribution in [0.25, 0.3) is 0 Å². The largest absolute Gasteiger partial charge is 0.399 e. The molecule has 0 saturated carbocycles. The number of hydrogen-bond acceptors (Lipinski definition) is 2. The Labute approximate surface area is 118 Å². The molecule has 2 heteroatoms. The third-order valence-corrected chi connectivity index (χ3v) is 4.06. The maximum Gasteiger partial charge on any atom is 0.0316 e. The highest BCUT2D eigenvalue weighted by molar-refractivity contribution is 5.47. The average molecular weight is 260 g/mol. The molecule has 0 unspecified atom stereocenters. The van der Waals surface area contributed by atoms with Crippen LogP contribution in [0.1, 0.15) is 51.2 Å². The number of rotatable bonds is 4. The first-order valence-electron chi connectivity index (χ1n) is 7.58. The molecule has 2 N–H and O–H groups in total. The average Bonchev–Trinajstić information content (AvgIpc) is 2.80. The Morgan fingerprint density at radius 2 is 1.84 bits per heavy atom. The third kappa shape index (κ3) is 3.97. The highest BCUT2D eigenvalue weighted by Crippen LogP contribution is 2.28. The van der Waals surface area contributed by atoms with Gasteiger partial charge in [-0.15, -0.1) is 0 Å². The molecule has 0 spiro atoms. The molecule has 19 heavy (non-hydrogen) atoms. The van der Waals surface area contributed by atoms with Gasteiger partial charge in [0.1, 0.15) is 0 Å². The molecule has 0 aliphatic carbocycles. The second kappa shape index (κ2) is 5.96. The fourth-order valence-corrected chi connectivity index (χ4v) is 3.05. The van der Waals surface area contributed by atoms with E-state index >= 15 is 0 Å². The van der Waals surface area contributed by atoms with E-state index in [0.29, 0.717) is 0 Å².